The van der Waals surface area contributed by atoms with E-state index in [2.05, 4.69) is 57.2 Å². The first kappa shape index (κ1) is 21.1. The predicted molar refractivity (Wildman–Crippen MR) is 114 cm³/mol. The van der Waals surface area contributed by atoms with Gasteiger partial charge in [-0.05, 0) is 45.1 Å². The Morgan fingerprint density at radius 3 is 2.48 bits per heavy atom. The summed E-state index contributed by atoms with van der Waals surface area (Å²) in [5.41, 5.74) is 1.51. The molecule has 7 heteroatoms. The average Bonchev–Trinajstić information content (AvgIpc) is 3.34. The van der Waals surface area contributed by atoms with E-state index in [9.17, 15) is 4.79 Å². The fourth-order valence-electron chi connectivity index (χ4n) is 2.78. The molecular weight excluding hydrogens is 366 g/mol. The van der Waals surface area contributed by atoms with Gasteiger partial charge in [-0.15, -0.1) is 0 Å². The van der Waals surface area contributed by atoms with Gasteiger partial charge in [0.05, 0.1) is 17.8 Å². The molecule has 0 radical (unpaired) electrons. The molecule has 2 heterocycles. The van der Waals surface area contributed by atoms with Crippen LogP contribution in [0.4, 0.5) is 10.6 Å². The summed E-state index contributed by atoms with van der Waals surface area (Å²) in [4.78, 5) is 16.8. The molecule has 3 rings (SSSR count). The molecule has 0 aliphatic heterocycles. The van der Waals surface area contributed by atoms with Crippen LogP contribution < -0.4 is 15.4 Å². The van der Waals surface area contributed by atoms with Gasteiger partial charge in [0, 0.05) is 30.3 Å². The van der Waals surface area contributed by atoms with Crippen LogP contribution in [0.5, 0.6) is 5.88 Å². The normalized spacial score (nSPS) is 14.6. The zero-order chi connectivity index (χ0) is 21.2. The summed E-state index contributed by atoms with van der Waals surface area (Å²) in [6, 6.07) is 5.44. The van der Waals surface area contributed by atoms with Gasteiger partial charge >= 0.3 is 6.03 Å². The maximum atomic E-state index is 12.5. The number of nitrogens with one attached hydrogen (secondary N) is 2. The summed E-state index contributed by atoms with van der Waals surface area (Å²) >= 11 is 0. The third-order valence-electron chi connectivity index (χ3n) is 4.77. The van der Waals surface area contributed by atoms with E-state index in [4.69, 9.17) is 9.84 Å². The van der Waals surface area contributed by atoms with Crippen LogP contribution in [0.15, 0.2) is 24.4 Å². The van der Waals surface area contributed by atoms with Gasteiger partial charge in [0.1, 0.15) is 5.82 Å². The minimum absolute atomic E-state index is 0.0988. The second-order valence-corrected chi connectivity index (χ2v) is 9.81. The van der Waals surface area contributed by atoms with Crippen molar-refractivity contribution in [2.45, 2.75) is 71.9 Å². The van der Waals surface area contributed by atoms with E-state index >= 15 is 0 Å². The third kappa shape index (κ3) is 5.95. The monoisotopic (exact) mass is 399 g/mol. The van der Waals surface area contributed by atoms with Gasteiger partial charge in [0.25, 0.3) is 0 Å². The predicted octanol–water partition coefficient (Wildman–Crippen LogP) is 4.44. The number of anilines is 1. The molecule has 0 atom stereocenters. The molecular formula is C22H33N5O2. The van der Waals surface area contributed by atoms with Crippen molar-refractivity contribution < 1.29 is 9.53 Å². The van der Waals surface area contributed by atoms with Crippen molar-refractivity contribution in [3.8, 4) is 5.88 Å². The van der Waals surface area contributed by atoms with E-state index in [1.54, 1.807) is 6.20 Å². The Morgan fingerprint density at radius 1 is 1.21 bits per heavy atom. The number of carbonyl (C=O) groups is 1. The molecule has 29 heavy (non-hydrogen) atoms. The number of hydrogen-bond acceptors (Lipinski definition) is 4. The first-order chi connectivity index (χ1) is 13.5. The Morgan fingerprint density at radius 2 is 1.93 bits per heavy atom. The summed E-state index contributed by atoms with van der Waals surface area (Å²) in [7, 11) is 0. The number of pyridine rings is 1. The van der Waals surface area contributed by atoms with E-state index in [1.165, 1.54) is 12.8 Å². The highest BCUT2D eigenvalue weighted by molar-refractivity contribution is 5.88. The van der Waals surface area contributed by atoms with Gasteiger partial charge in [0.2, 0.25) is 5.88 Å². The first-order valence-electron chi connectivity index (χ1n) is 10.3. The van der Waals surface area contributed by atoms with Crippen LogP contribution in [0.25, 0.3) is 0 Å². The van der Waals surface area contributed by atoms with Crippen molar-refractivity contribution in [1.82, 2.24) is 20.1 Å². The molecule has 1 saturated carbocycles. The Labute approximate surface area is 173 Å². The van der Waals surface area contributed by atoms with Gasteiger partial charge in [-0.25, -0.2) is 14.5 Å². The van der Waals surface area contributed by atoms with Crippen molar-refractivity contribution in [2.24, 2.45) is 5.92 Å². The van der Waals surface area contributed by atoms with Gasteiger partial charge in [-0.1, -0.05) is 26.8 Å². The topological polar surface area (TPSA) is 81.1 Å². The van der Waals surface area contributed by atoms with Crippen molar-refractivity contribution in [3.63, 3.8) is 0 Å². The number of urea groups is 1. The molecule has 0 aromatic carbocycles. The summed E-state index contributed by atoms with van der Waals surface area (Å²) < 4.78 is 7.51. The van der Waals surface area contributed by atoms with Crippen LogP contribution in [0.1, 0.15) is 65.6 Å². The summed E-state index contributed by atoms with van der Waals surface area (Å²) in [6.45, 7) is 13.6. The van der Waals surface area contributed by atoms with E-state index in [0.717, 1.165) is 17.9 Å². The smallest absolute Gasteiger partial charge is 0.320 e. The lowest BCUT2D eigenvalue weighted by Crippen LogP contribution is -2.32. The van der Waals surface area contributed by atoms with Crippen LogP contribution in [-0.2, 0) is 17.5 Å². The fraction of sp³-hybridized carbons (Fsp3) is 0.591. The molecule has 0 unspecified atom stereocenters. The summed E-state index contributed by atoms with van der Waals surface area (Å²) in [6.07, 6.45) is 4.24. The molecule has 2 aromatic rings. The largest absolute Gasteiger partial charge is 0.477 e. The van der Waals surface area contributed by atoms with E-state index < -0.39 is 0 Å². The standard InChI is InChI=1S/C22H33N5O2/c1-21(2,3)17-11-18(27(26-17)22(4,5)6)25-20(28)24-13-16-9-10-19(23-12-16)29-14-15-7-8-15/h9-12,15H,7-8,13-14H2,1-6H3,(H2,24,25,28). The molecule has 1 fully saturated rings. The Bertz CT molecular complexity index is 840. The van der Waals surface area contributed by atoms with Gasteiger partial charge in [-0.3, -0.25) is 5.32 Å². The first-order valence-corrected chi connectivity index (χ1v) is 10.3. The minimum atomic E-state index is -0.273. The van der Waals surface area contributed by atoms with E-state index in [1.807, 2.05) is 22.9 Å². The molecule has 158 valence electrons. The van der Waals surface area contributed by atoms with Crippen molar-refractivity contribution in [3.05, 3.63) is 35.7 Å². The van der Waals surface area contributed by atoms with Crippen LogP contribution in [0, 0.1) is 5.92 Å². The quantitative estimate of drug-likeness (QED) is 0.752. The lowest BCUT2D eigenvalue weighted by Gasteiger charge is -2.23. The Hall–Kier alpha value is -2.57. The molecule has 2 aromatic heterocycles. The van der Waals surface area contributed by atoms with Crippen molar-refractivity contribution >= 4 is 11.8 Å². The number of ether oxygens (including phenoxy) is 1. The Balaban J connectivity index is 1.58. The molecule has 0 bridgehead atoms. The van der Waals surface area contributed by atoms with E-state index in [0.29, 0.717) is 24.2 Å². The van der Waals surface area contributed by atoms with Gasteiger partial charge in [0.15, 0.2) is 0 Å². The number of nitrogens with zero attached hydrogens (tertiary/aromatic N) is 3. The number of carbonyl (C=O) groups excluding carboxylic acids is 1. The number of aromatic nitrogens is 3. The van der Waals surface area contributed by atoms with Gasteiger partial charge < -0.3 is 10.1 Å². The lowest BCUT2D eigenvalue weighted by molar-refractivity contribution is 0.251. The maximum Gasteiger partial charge on any atom is 0.320 e. The summed E-state index contributed by atoms with van der Waals surface area (Å²) in [5.74, 6) is 2.01. The van der Waals surface area contributed by atoms with Crippen LogP contribution >= 0.6 is 0 Å². The maximum absolute atomic E-state index is 12.5. The SMILES string of the molecule is CC(C)(C)c1cc(NC(=O)NCc2ccc(OCC3CC3)nc2)n(C(C)(C)C)n1. The van der Waals surface area contributed by atoms with Crippen LogP contribution in [-0.4, -0.2) is 27.4 Å². The van der Waals surface area contributed by atoms with Crippen LogP contribution in [0.3, 0.4) is 0 Å². The molecule has 1 aliphatic carbocycles. The molecule has 0 saturated heterocycles. The zero-order valence-electron chi connectivity index (χ0n) is 18.4. The van der Waals surface area contributed by atoms with Crippen LogP contribution in [0.2, 0.25) is 0 Å². The molecule has 2 amide bonds. The van der Waals surface area contributed by atoms with Gasteiger partial charge in [-0.2, -0.15) is 5.10 Å². The third-order valence-corrected chi connectivity index (χ3v) is 4.77. The number of hydrogen-bond donors (Lipinski definition) is 2. The lowest BCUT2D eigenvalue weighted by atomic mass is 9.92. The summed E-state index contributed by atoms with van der Waals surface area (Å²) in [5, 5.41) is 10.5. The van der Waals surface area contributed by atoms with Crippen molar-refractivity contribution in [1.29, 1.82) is 0 Å². The highest BCUT2D eigenvalue weighted by atomic mass is 16.5. The fourth-order valence-corrected chi connectivity index (χ4v) is 2.78. The molecule has 7 nitrogen and oxygen atoms in total. The zero-order valence-corrected chi connectivity index (χ0v) is 18.4. The number of amides is 2. The average molecular weight is 400 g/mol. The van der Waals surface area contributed by atoms with E-state index in [-0.39, 0.29) is 17.0 Å². The highest BCUT2D eigenvalue weighted by Crippen LogP contribution is 2.29. The number of rotatable bonds is 6. The second kappa shape index (κ2) is 8.05. The minimum Gasteiger partial charge on any atom is -0.477 e. The molecule has 2 N–H and O–H groups in total. The van der Waals surface area contributed by atoms with Crippen molar-refractivity contribution in [2.75, 3.05) is 11.9 Å². The Kier molecular flexibility index (Phi) is 5.87. The molecule has 0 spiro atoms. The highest BCUT2D eigenvalue weighted by Gasteiger charge is 2.26. The second-order valence-electron chi connectivity index (χ2n) is 9.81. The molecule has 1 aliphatic rings.